The van der Waals surface area contributed by atoms with E-state index in [1.807, 2.05) is 18.5 Å². The van der Waals surface area contributed by atoms with Gasteiger partial charge in [0, 0.05) is 29.5 Å². The molecule has 1 aromatic carbocycles. The number of ether oxygens (including phenoxy) is 2. The minimum absolute atomic E-state index is 0.159. The highest BCUT2D eigenvalue weighted by atomic mass is 19.1. The number of halogens is 1. The molecule has 0 amide bonds. The van der Waals surface area contributed by atoms with E-state index in [9.17, 15) is 4.39 Å². The number of hydrogen-bond acceptors (Lipinski definition) is 6. The van der Waals surface area contributed by atoms with Crippen LogP contribution in [0.1, 0.15) is 62.8 Å². The van der Waals surface area contributed by atoms with Crippen molar-refractivity contribution in [2.75, 3.05) is 44.3 Å². The molecule has 6 nitrogen and oxygen atoms in total. The van der Waals surface area contributed by atoms with Crippen molar-refractivity contribution in [1.82, 2.24) is 15.3 Å². The Morgan fingerprint density at radius 3 is 2.37 bits per heavy atom. The van der Waals surface area contributed by atoms with Crippen LogP contribution in [0, 0.1) is 16.6 Å². The third kappa shape index (κ3) is 4.90. The van der Waals surface area contributed by atoms with Gasteiger partial charge in [0.25, 0.3) is 0 Å². The van der Waals surface area contributed by atoms with E-state index >= 15 is 0 Å². The average molecular weight is 481 g/mol. The van der Waals surface area contributed by atoms with Crippen LogP contribution in [-0.2, 0) is 4.74 Å². The molecule has 0 radical (unpaired) electrons. The Balaban J connectivity index is 0.000000141. The highest BCUT2D eigenvalue weighted by Crippen LogP contribution is 2.49. The average Bonchev–Trinajstić information content (AvgIpc) is 3.32. The van der Waals surface area contributed by atoms with Crippen molar-refractivity contribution in [3.8, 4) is 5.75 Å². The van der Waals surface area contributed by atoms with Crippen LogP contribution in [0.3, 0.4) is 0 Å². The van der Waals surface area contributed by atoms with Gasteiger partial charge in [-0.1, -0.05) is 12.8 Å². The summed E-state index contributed by atoms with van der Waals surface area (Å²) >= 11 is 0. The molecule has 3 aliphatic heterocycles. The number of piperidine rings is 1. The lowest BCUT2D eigenvalue weighted by molar-refractivity contribution is -0.191. The smallest absolute Gasteiger partial charge is 0.123 e. The van der Waals surface area contributed by atoms with Crippen LogP contribution in [0.15, 0.2) is 36.9 Å². The maximum atomic E-state index is 13.6. The summed E-state index contributed by atoms with van der Waals surface area (Å²) in [6.45, 7) is 6.23. The zero-order chi connectivity index (χ0) is 23.7. The predicted molar refractivity (Wildman–Crippen MR) is 133 cm³/mol. The fraction of sp³-hybridized carbons (Fsp3) is 0.643. The number of nitrogens with zero attached hydrogens (tertiary/aromatic N) is 3. The van der Waals surface area contributed by atoms with Crippen LogP contribution >= 0.6 is 0 Å². The Bertz CT molecular complexity index is 987. The minimum Gasteiger partial charge on any atom is -0.490 e. The summed E-state index contributed by atoms with van der Waals surface area (Å²) in [5.74, 6) is 1.15. The molecule has 2 aliphatic carbocycles. The largest absolute Gasteiger partial charge is 0.490 e. The second kappa shape index (κ2) is 9.66. The summed E-state index contributed by atoms with van der Waals surface area (Å²) in [5, 5.41) is 3.36. The molecule has 4 heterocycles. The van der Waals surface area contributed by atoms with Crippen molar-refractivity contribution in [3.63, 3.8) is 0 Å². The number of hydrogen-bond donors (Lipinski definition) is 1. The van der Waals surface area contributed by atoms with Gasteiger partial charge in [-0.25, -0.2) is 14.4 Å². The van der Waals surface area contributed by atoms with Crippen molar-refractivity contribution >= 4 is 5.69 Å². The van der Waals surface area contributed by atoms with Gasteiger partial charge < -0.3 is 19.7 Å². The second-order valence-corrected chi connectivity index (χ2v) is 11.5. The SMILES string of the molecule is Fc1ccc(OC2CC3(COC3)C2)c(C2CCNCC2)c1.c1ncc(N2CC3(CCCC3)C2)cn1. The number of aromatic nitrogens is 2. The normalized spacial score (nSPS) is 24.8. The summed E-state index contributed by atoms with van der Waals surface area (Å²) in [7, 11) is 0. The van der Waals surface area contributed by atoms with E-state index in [0.29, 0.717) is 16.7 Å². The Morgan fingerprint density at radius 1 is 1.00 bits per heavy atom. The van der Waals surface area contributed by atoms with Gasteiger partial charge in [0.15, 0.2) is 0 Å². The lowest BCUT2D eigenvalue weighted by Crippen LogP contribution is -2.56. The zero-order valence-corrected chi connectivity index (χ0v) is 20.6. The van der Waals surface area contributed by atoms with Crippen LogP contribution in [0.5, 0.6) is 5.75 Å². The van der Waals surface area contributed by atoms with E-state index in [4.69, 9.17) is 9.47 Å². The van der Waals surface area contributed by atoms with Crippen LogP contribution in [-0.4, -0.2) is 55.5 Å². The molecular formula is C28H37FN4O2. The molecule has 1 aromatic heterocycles. The molecule has 5 fully saturated rings. The maximum Gasteiger partial charge on any atom is 0.123 e. The molecule has 5 aliphatic rings. The molecule has 0 unspecified atom stereocenters. The molecule has 7 heteroatoms. The molecule has 3 saturated heterocycles. The monoisotopic (exact) mass is 480 g/mol. The lowest BCUT2D eigenvalue weighted by Gasteiger charge is -2.52. The van der Waals surface area contributed by atoms with Crippen LogP contribution in [0.25, 0.3) is 0 Å². The van der Waals surface area contributed by atoms with E-state index in [2.05, 4.69) is 20.2 Å². The summed E-state index contributed by atoms with van der Waals surface area (Å²) in [5.41, 5.74) is 3.31. The van der Waals surface area contributed by atoms with Crippen LogP contribution < -0.4 is 15.0 Å². The van der Waals surface area contributed by atoms with Gasteiger partial charge in [0.2, 0.25) is 0 Å². The maximum absolute atomic E-state index is 13.6. The summed E-state index contributed by atoms with van der Waals surface area (Å²) in [6.07, 6.45) is 15.7. The molecule has 2 aromatic rings. The van der Waals surface area contributed by atoms with E-state index in [0.717, 1.165) is 63.3 Å². The summed E-state index contributed by atoms with van der Waals surface area (Å²) < 4.78 is 25.1. The third-order valence-electron chi connectivity index (χ3n) is 8.81. The molecule has 0 bridgehead atoms. The van der Waals surface area contributed by atoms with Gasteiger partial charge in [-0.15, -0.1) is 0 Å². The van der Waals surface area contributed by atoms with Gasteiger partial charge in [-0.2, -0.15) is 0 Å². The second-order valence-electron chi connectivity index (χ2n) is 11.5. The van der Waals surface area contributed by atoms with Gasteiger partial charge in [-0.3, -0.25) is 0 Å². The van der Waals surface area contributed by atoms with E-state index in [-0.39, 0.29) is 11.9 Å². The van der Waals surface area contributed by atoms with Crippen molar-refractivity contribution in [3.05, 3.63) is 48.3 Å². The van der Waals surface area contributed by atoms with E-state index < -0.39 is 0 Å². The number of benzene rings is 1. The van der Waals surface area contributed by atoms with Gasteiger partial charge in [-0.05, 0) is 75.7 Å². The zero-order valence-electron chi connectivity index (χ0n) is 20.6. The van der Waals surface area contributed by atoms with Gasteiger partial charge >= 0.3 is 0 Å². The highest BCUT2D eigenvalue weighted by Gasteiger charge is 2.51. The number of rotatable bonds is 4. The first-order valence-corrected chi connectivity index (χ1v) is 13.4. The van der Waals surface area contributed by atoms with Crippen LogP contribution in [0.2, 0.25) is 0 Å². The molecule has 35 heavy (non-hydrogen) atoms. The Kier molecular flexibility index (Phi) is 6.39. The predicted octanol–water partition coefficient (Wildman–Crippen LogP) is 4.71. The number of anilines is 1. The molecular weight excluding hydrogens is 443 g/mol. The Labute approximate surface area is 207 Å². The summed E-state index contributed by atoms with van der Waals surface area (Å²) in [6, 6.07) is 5.00. The van der Waals surface area contributed by atoms with E-state index in [1.54, 1.807) is 12.4 Å². The van der Waals surface area contributed by atoms with Crippen molar-refractivity contribution < 1.29 is 13.9 Å². The van der Waals surface area contributed by atoms with Crippen molar-refractivity contribution in [2.45, 2.75) is 63.4 Å². The molecule has 7 rings (SSSR count). The Hall–Kier alpha value is -2.25. The first kappa shape index (κ1) is 23.2. The lowest BCUT2D eigenvalue weighted by atomic mass is 9.65. The standard InChI is InChI=1S/C17H22FNO2.C11H15N3/c18-13-1-2-16(15(7-13)12-3-5-19-6-4-12)21-14-8-17(9-14)10-20-11-17;1-2-4-11(3-1)7-14(8-11)10-5-12-9-13-6-10/h1-2,7,12,14,19H,3-6,8-11H2;5-6,9H,1-4,7-8H2. The molecule has 188 valence electrons. The molecule has 1 N–H and O–H groups in total. The fourth-order valence-corrected chi connectivity index (χ4v) is 6.72. The first-order valence-electron chi connectivity index (χ1n) is 13.4. The Morgan fingerprint density at radius 2 is 1.71 bits per heavy atom. The van der Waals surface area contributed by atoms with Crippen LogP contribution in [0.4, 0.5) is 10.1 Å². The van der Waals surface area contributed by atoms with Gasteiger partial charge in [0.1, 0.15) is 24.0 Å². The van der Waals surface area contributed by atoms with E-state index in [1.165, 1.54) is 50.5 Å². The highest BCUT2D eigenvalue weighted by molar-refractivity contribution is 5.46. The topological polar surface area (TPSA) is 59.5 Å². The molecule has 2 saturated carbocycles. The third-order valence-corrected chi connectivity index (χ3v) is 8.81. The fourth-order valence-electron chi connectivity index (χ4n) is 6.72. The van der Waals surface area contributed by atoms with Crippen molar-refractivity contribution in [1.29, 1.82) is 0 Å². The number of nitrogens with one attached hydrogen (secondary N) is 1. The quantitative estimate of drug-likeness (QED) is 0.684. The van der Waals surface area contributed by atoms with Crippen molar-refractivity contribution in [2.24, 2.45) is 10.8 Å². The first-order chi connectivity index (χ1) is 17.1. The molecule has 2 spiro atoms. The minimum atomic E-state index is -0.159. The molecule has 0 atom stereocenters. The van der Waals surface area contributed by atoms with Gasteiger partial charge in [0.05, 0.1) is 31.3 Å². The summed E-state index contributed by atoms with van der Waals surface area (Å²) in [4.78, 5) is 10.5.